The number of carbonyl (C=O) groups excluding carboxylic acids is 1. The molecule has 144 valence electrons. The lowest BCUT2D eigenvalue weighted by Gasteiger charge is -2.11. The zero-order valence-electron chi connectivity index (χ0n) is 14.6. The molecule has 0 radical (unpaired) electrons. The molecule has 3 rings (SSSR count). The normalized spacial score (nSPS) is 10.9. The van der Waals surface area contributed by atoms with Crippen LogP contribution < -0.4 is 14.8 Å². The van der Waals surface area contributed by atoms with Gasteiger partial charge in [-0.2, -0.15) is 0 Å². The summed E-state index contributed by atoms with van der Waals surface area (Å²) in [6.07, 6.45) is 0. The summed E-state index contributed by atoms with van der Waals surface area (Å²) in [5.74, 6) is 0.187. The fourth-order valence-corrected chi connectivity index (χ4v) is 3.70. The molecule has 6 nitrogen and oxygen atoms in total. The number of anilines is 2. The summed E-state index contributed by atoms with van der Waals surface area (Å²) in [5.41, 5.74) is 0.800. The van der Waals surface area contributed by atoms with Crippen LogP contribution in [0.2, 0.25) is 0 Å². The molecule has 2 N–H and O–H groups in total. The molecule has 0 aliphatic rings. The maximum absolute atomic E-state index is 12.6. The van der Waals surface area contributed by atoms with E-state index in [0.29, 0.717) is 17.1 Å². The van der Waals surface area contributed by atoms with Gasteiger partial charge in [-0.25, -0.2) is 8.42 Å². The molecule has 8 heteroatoms. The van der Waals surface area contributed by atoms with Crippen LogP contribution in [0.4, 0.5) is 11.4 Å². The van der Waals surface area contributed by atoms with Gasteiger partial charge in [0, 0.05) is 15.8 Å². The number of halogens is 1. The summed E-state index contributed by atoms with van der Waals surface area (Å²) in [7, 11) is -3.79. The zero-order valence-corrected chi connectivity index (χ0v) is 17.0. The van der Waals surface area contributed by atoms with Crippen molar-refractivity contribution in [1.82, 2.24) is 0 Å². The van der Waals surface area contributed by atoms with Crippen molar-refractivity contribution >= 4 is 43.2 Å². The lowest BCUT2D eigenvalue weighted by Crippen LogP contribution is -2.20. The SMILES string of the molecule is O=C(COc1ccccc1)Nc1cccc(S(=O)(=O)Nc2ccc(Br)cc2)c1. The van der Waals surface area contributed by atoms with Gasteiger partial charge in [0.15, 0.2) is 6.61 Å². The van der Waals surface area contributed by atoms with Gasteiger partial charge in [-0.15, -0.1) is 0 Å². The molecule has 0 heterocycles. The average molecular weight is 461 g/mol. The van der Waals surface area contributed by atoms with E-state index in [2.05, 4.69) is 26.0 Å². The number of para-hydroxylation sites is 1. The molecule has 1 amide bonds. The van der Waals surface area contributed by atoms with Crippen molar-refractivity contribution in [2.24, 2.45) is 0 Å². The van der Waals surface area contributed by atoms with E-state index in [9.17, 15) is 13.2 Å². The molecule has 3 aromatic rings. The number of rotatable bonds is 7. The Balaban J connectivity index is 1.65. The molecule has 0 aromatic heterocycles. The van der Waals surface area contributed by atoms with Crippen molar-refractivity contribution < 1.29 is 17.9 Å². The van der Waals surface area contributed by atoms with Crippen LogP contribution >= 0.6 is 15.9 Å². The topological polar surface area (TPSA) is 84.5 Å². The first-order chi connectivity index (χ1) is 13.4. The highest BCUT2D eigenvalue weighted by Gasteiger charge is 2.15. The number of nitrogens with one attached hydrogen (secondary N) is 2. The Bertz CT molecular complexity index is 1060. The van der Waals surface area contributed by atoms with Crippen LogP contribution in [0.25, 0.3) is 0 Å². The minimum Gasteiger partial charge on any atom is -0.484 e. The molecule has 0 unspecified atom stereocenters. The van der Waals surface area contributed by atoms with E-state index in [1.165, 1.54) is 12.1 Å². The van der Waals surface area contributed by atoms with Crippen molar-refractivity contribution in [1.29, 1.82) is 0 Å². The maximum Gasteiger partial charge on any atom is 0.262 e. The van der Waals surface area contributed by atoms with Gasteiger partial charge >= 0.3 is 0 Å². The van der Waals surface area contributed by atoms with Gasteiger partial charge in [-0.3, -0.25) is 9.52 Å². The van der Waals surface area contributed by atoms with Crippen molar-refractivity contribution in [2.75, 3.05) is 16.6 Å². The lowest BCUT2D eigenvalue weighted by atomic mass is 10.3. The molecule has 3 aromatic carbocycles. The number of hydrogen-bond donors (Lipinski definition) is 2. The Morgan fingerprint density at radius 2 is 1.61 bits per heavy atom. The van der Waals surface area contributed by atoms with Gasteiger partial charge in [0.25, 0.3) is 15.9 Å². The molecular weight excluding hydrogens is 444 g/mol. The van der Waals surface area contributed by atoms with Gasteiger partial charge in [0.2, 0.25) is 0 Å². The number of carbonyl (C=O) groups is 1. The number of amides is 1. The molecule has 0 spiro atoms. The van der Waals surface area contributed by atoms with E-state index in [4.69, 9.17) is 4.74 Å². The first-order valence-corrected chi connectivity index (χ1v) is 10.6. The van der Waals surface area contributed by atoms with E-state index in [-0.39, 0.29) is 17.4 Å². The molecule has 0 saturated heterocycles. The Morgan fingerprint density at radius 3 is 2.32 bits per heavy atom. The summed E-state index contributed by atoms with van der Waals surface area (Å²) < 4.78 is 33.9. The highest BCUT2D eigenvalue weighted by atomic mass is 79.9. The predicted molar refractivity (Wildman–Crippen MR) is 112 cm³/mol. The van der Waals surface area contributed by atoms with Gasteiger partial charge in [0.1, 0.15) is 5.75 Å². The summed E-state index contributed by atoms with van der Waals surface area (Å²) in [4.78, 5) is 12.1. The second-order valence-electron chi connectivity index (χ2n) is 5.79. The third kappa shape index (κ3) is 5.58. The number of hydrogen-bond acceptors (Lipinski definition) is 4. The Labute approximate surface area is 171 Å². The van der Waals surface area contributed by atoms with Gasteiger partial charge in [-0.1, -0.05) is 40.2 Å². The molecular formula is C20H17BrN2O4S. The summed E-state index contributed by atoms with van der Waals surface area (Å²) in [5, 5.41) is 2.63. The summed E-state index contributed by atoms with van der Waals surface area (Å²) in [6.45, 7) is -0.182. The largest absolute Gasteiger partial charge is 0.484 e. The van der Waals surface area contributed by atoms with Crippen LogP contribution in [0.5, 0.6) is 5.75 Å². The van der Waals surface area contributed by atoms with E-state index < -0.39 is 10.0 Å². The minimum absolute atomic E-state index is 0.0391. The third-order valence-electron chi connectivity index (χ3n) is 3.64. The Hall–Kier alpha value is -2.84. The van der Waals surface area contributed by atoms with Crippen LogP contribution in [-0.2, 0) is 14.8 Å². The van der Waals surface area contributed by atoms with E-state index in [1.54, 1.807) is 60.7 Å². The van der Waals surface area contributed by atoms with Crippen LogP contribution in [-0.4, -0.2) is 20.9 Å². The number of sulfonamides is 1. The third-order valence-corrected chi connectivity index (χ3v) is 5.55. The van der Waals surface area contributed by atoms with E-state index in [0.717, 1.165) is 4.47 Å². The summed E-state index contributed by atoms with van der Waals surface area (Å²) in [6, 6.07) is 21.7. The Kier molecular flexibility index (Phi) is 6.33. The molecule has 0 aliphatic heterocycles. The molecule has 0 aliphatic carbocycles. The lowest BCUT2D eigenvalue weighted by molar-refractivity contribution is -0.118. The highest BCUT2D eigenvalue weighted by molar-refractivity contribution is 9.10. The Morgan fingerprint density at radius 1 is 0.893 bits per heavy atom. The first kappa shape index (κ1) is 19.9. The van der Waals surface area contributed by atoms with Crippen molar-refractivity contribution in [3.63, 3.8) is 0 Å². The fraction of sp³-hybridized carbons (Fsp3) is 0.0500. The van der Waals surface area contributed by atoms with Crippen molar-refractivity contribution in [2.45, 2.75) is 4.90 Å². The first-order valence-electron chi connectivity index (χ1n) is 8.28. The van der Waals surface area contributed by atoms with Crippen molar-refractivity contribution in [3.05, 3.63) is 83.3 Å². The molecule has 0 fully saturated rings. The van der Waals surface area contributed by atoms with E-state index >= 15 is 0 Å². The van der Waals surface area contributed by atoms with Crippen LogP contribution in [0.1, 0.15) is 0 Å². The quantitative estimate of drug-likeness (QED) is 0.551. The van der Waals surface area contributed by atoms with Crippen LogP contribution in [0, 0.1) is 0 Å². The minimum atomic E-state index is -3.79. The second kappa shape index (κ2) is 8.90. The second-order valence-corrected chi connectivity index (χ2v) is 8.39. The van der Waals surface area contributed by atoms with Gasteiger partial charge < -0.3 is 10.1 Å². The fourth-order valence-electron chi connectivity index (χ4n) is 2.34. The zero-order chi connectivity index (χ0) is 20.0. The van der Waals surface area contributed by atoms with Gasteiger partial charge in [-0.05, 0) is 54.6 Å². The molecule has 0 atom stereocenters. The predicted octanol–water partition coefficient (Wildman–Crippen LogP) is 4.27. The smallest absolute Gasteiger partial charge is 0.262 e. The molecule has 28 heavy (non-hydrogen) atoms. The molecule has 0 saturated carbocycles. The number of ether oxygens (including phenoxy) is 1. The van der Waals surface area contributed by atoms with Crippen molar-refractivity contribution in [3.8, 4) is 5.75 Å². The highest BCUT2D eigenvalue weighted by Crippen LogP contribution is 2.21. The van der Waals surface area contributed by atoms with Crippen LogP contribution in [0.3, 0.4) is 0 Å². The van der Waals surface area contributed by atoms with Crippen LogP contribution in [0.15, 0.2) is 88.2 Å². The monoisotopic (exact) mass is 460 g/mol. The average Bonchev–Trinajstić information content (AvgIpc) is 2.69. The molecule has 0 bridgehead atoms. The summed E-state index contributed by atoms with van der Waals surface area (Å²) >= 11 is 3.30. The standard InChI is InChI=1S/C20H17BrN2O4S/c21-15-9-11-16(12-10-15)23-28(25,26)19-8-4-5-17(13-19)22-20(24)14-27-18-6-2-1-3-7-18/h1-13,23H,14H2,(H,22,24). The van der Waals surface area contributed by atoms with Gasteiger partial charge in [0.05, 0.1) is 4.90 Å². The number of benzene rings is 3. The van der Waals surface area contributed by atoms with E-state index in [1.807, 2.05) is 6.07 Å². The maximum atomic E-state index is 12.6.